The van der Waals surface area contributed by atoms with E-state index in [4.69, 9.17) is 10.4 Å². The summed E-state index contributed by atoms with van der Waals surface area (Å²) in [5.74, 6) is -0.851. The molecule has 0 heterocycles. The molecule has 0 bridgehead atoms. The Morgan fingerprint density at radius 1 is 1.24 bits per heavy atom. The molecule has 0 spiro atoms. The van der Waals surface area contributed by atoms with Crippen LogP contribution in [0.2, 0.25) is 0 Å². The first kappa shape index (κ1) is 14.6. The maximum Gasteiger partial charge on any atom is 0.307 e. The Labute approximate surface area is 123 Å². The predicted molar refractivity (Wildman–Crippen MR) is 81.0 cm³/mol. The lowest BCUT2D eigenvalue weighted by molar-refractivity contribution is -0.136. The molecule has 0 aliphatic carbocycles. The van der Waals surface area contributed by atoms with Crippen molar-refractivity contribution >= 4 is 11.7 Å². The van der Waals surface area contributed by atoms with Crippen molar-refractivity contribution in [3.63, 3.8) is 0 Å². The third kappa shape index (κ3) is 3.83. The first-order valence-electron chi connectivity index (χ1n) is 6.63. The van der Waals surface area contributed by atoms with Crippen molar-refractivity contribution in [3.05, 3.63) is 64.7 Å². The number of anilines is 1. The maximum atomic E-state index is 10.9. The molecule has 0 aliphatic rings. The highest BCUT2D eigenvalue weighted by Gasteiger charge is 2.07. The van der Waals surface area contributed by atoms with Crippen LogP contribution in [-0.4, -0.2) is 11.1 Å². The number of aliphatic carboxylic acids is 1. The van der Waals surface area contributed by atoms with E-state index in [1.165, 1.54) is 0 Å². The summed E-state index contributed by atoms with van der Waals surface area (Å²) in [5, 5.41) is 21.3. The highest BCUT2D eigenvalue weighted by Crippen LogP contribution is 2.18. The minimum absolute atomic E-state index is 0.00312. The van der Waals surface area contributed by atoms with Gasteiger partial charge in [-0.3, -0.25) is 4.79 Å². The van der Waals surface area contributed by atoms with Crippen molar-refractivity contribution < 1.29 is 9.90 Å². The standard InChI is InChI=1S/C17H16N2O2/c1-12-6-7-16(15(8-12)10-18)19-11-14-5-3-2-4-13(14)9-17(20)21/h2-8,19H,9,11H2,1H3,(H,20,21). The number of nitrogens with zero attached hydrogens (tertiary/aromatic N) is 1. The average Bonchev–Trinajstić information content (AvgIpc) is 2.46. The minimum Gasteiger partial charge on any atom is -0.481 e. The topological polar surface area (TPSA) is 73.1 Å². The smallest absolute Gasteiger partial charge is 0.307 e. The summed E-state index contributed by atoms with van der Waals surface area (Å²) in [6, 6.07) is 15.2. The molecule has 0 saturated heterocycles. The highest BCUT2D eigenvalue weighted by atomic mass is 16.4. The van der Waals surface area contributed by atoms with Gasteiger partial charge in [0.1, 0.15) is 6.07 Å². The summed E-state index contributed by atoms with van der Waals surface area (Å²) in [5.41, 5.74) is 4.08. The number of aryl methyl sites for hydroxylation is 1. The molecule has 21 heavy (non-hydrogen) atoms. The van der Waals surface area contributed by atoms with Gasteiger partial charge in [0, 0.05) is 6.54 Å². The maximum absolute atomic E-state index is 10.9. The van der Waals surface area contributed by atoms with E-state index in [0.717, 1.165) is 22.4 Å². The fourth-order valence-electron chi connectivity index (χ4n) is 2.16. The van der Waals surface area contributed by atoms with Crippen molar-refractivity contribution in [2.24, 2.45) is 0 Å². The Bertz CT molecular complexity index is 702. The van der Waals surface area contributed by atoms with E-state index in [0.29, 0.717) is 12.1 Å². The van der Waals surface area contributed by atoms with Gasteiger partial charge in [-0.15, -0.1) is 0 Å². The van der Waals surface area contributed by atoms with Crippen LogP contribution < -0.4 is 5.32 Å². The van der Waals surface area contributed by atoms with Gasteiger partial charge in [-0.1, -0.05) is 30.3 Å². The van der Waals surface area contributed by atoms with Gasteiger partial charge >= 0.3 is 5.97 Å². The number of carboxylic acid groups (broad SMARTS) is 1. The lowest BCUT2D eigenvalue weighted by Gasteiger charge is -2.12. The van der Waals surface area contributed by atoms with Crippen molar-refractivity contribution in [2.45, 2.75) is 19.9 Å². The number of hydrogen-bond donors (Lipinski definition) is 2. The minimum atomic E-state index is -0.851. The Kier molecular flexibility index (Phi) is 4.57. The molecule has 4 nitrogen and oxygen atoms in total. The largest absolute Gasteiger partial charge is 0.481 e. The molecule has 0 fully saturated rings. The third-order valence-corrected chi connectivity index (χ3v) is 3.22. The second kappa shape index (κ2) is 6.58. The van der Waals surface area contributed by atoms with Crippen LogP contribution >= 0.6 is 0 Å². The molecule has 2 N–H and O–H groups in total. The molecule has 4 heteroatoms. The molecule has 0 atom stereocenters. The summed E-state index contributed by atoms with van der Waals surface area (Å²) < 4.78 is 0. The molecule has 2 aromatic rings. The van der Waals surface area contributed by atoms with Gasteiger partial charge in [0.05, 0.1) is 17.7 Å². The van der Waals surface area contributed by atoms with Crippen molar-refractivity contribution in [3.8, 4) is 6.07 Å². The first-order valence-corrected chi connectivity index (χ1v) is 6.63. The second-order valence-electron chi connectivity index (χ2n) is 4.85. The van der Waals surface area contributed by atoms with Crippen LogP contribution in [0.3, 0.4) is 0 Å². The van der Waals surface area contributed by atoms with Gasteiger partial charge in [0.2, 0.25) is 0 Å². The van der Waals surface area contributed by atoms with Crippen molar-refractivity contribution in [1.82, 2.24) is 0 Å². The average molecular weight is 280 g/mol. The normalized spacial score (nSPS) is 9.90. The van der Waals surface area contributed by atoms with Gasteiger partial charge in [0.15, 0.2) is 0 Å². The molecule has 106 valence electrons. The van der Waals surface area contributed by atoms with E-state index in [1.54, 1.807) is 0 Å². The zero-order valence-corrected chi connectivity index (χ0v) is 11.8. The first-order chi connectivity index (χ1) is 10.1. The monoisotopic (exact) mass is 280 g/mol. The third-order valence-electron chi connectivity index (χ3n) is 3.22. The number of rotatable bonds is 5. The predicted octanol–water partition coefficient (Wildman–Crippen LogP) is 3.11. The summed E-state index contributed by atoms with van der Waals surface area (Å²) >= 11 is 0. The molecular formula is C17H16N2O2. The van der Waals surface area contributed by atoms with Crippen LogP contribution in [0.15, 0.2) is 42.5 Å². The molecule has 0 unspecified atom stereocenters. The summed E-state index contributed by atoms with van der Waals surface area (Å²) in [7, 11) is 0. The van der Waals surface area contributed by atoms with Gasteiger partial charge in [-0.25, -0.2) is 0 Å². The van der Waals surface area contributed by atoms with E-state index in [9.17, 15) is 4.79 Å². The molecule has 0 radical (unpaired) electrons. The number of carbonyl (C=O) groups is 1. The number of hydrogen-bond acceptors (Lipinski definition) is 3. The highest BCUT2D eigenvalue weighted by molar-refractivity contribution is 5.70. The molecule has 2 rings (SSSR count). The Morgan fingerprint density at radius 2 is 1.95 bits per heavy atom. The van der Waals surface area contributed by atoms with Crippen LogP contribution in [0.5, 0.6) is 0 Å². The fourth-order valence-corrected chi connectivity index (χ4v) is 2.16. The zero-order valence-electron chi connectivity index (χ0n) is 11.8. The molecule has 0 saturated carbocycles. The number of nitrogens with one attached hydrogen (secondary N) is 1. The van der Waals surface area contributed by atoms with Gasteiger partial charge < -0.3 is 10.4 Å². The Balaban J connectivity index is 2.17. The number of nitriles is 1. The van der Waals surface area contributed by atoms with E-state index in [-0.39, 0.29) is 6.42 Å². The van der Waals surface area contributed by atoms with E-state index < -0.39 is 5.97 Å². The lowest BCUT2D eigenvalue weighted by Crippen LogP contribution is -2.07. The summed E-state index contributed by atoms with van der Waals surface area (Å²) in [6.45, 7) is 2.42. The Hall–Kier alpha value is -2.80. The fraction of sp³-hybridized carbons (Fsp3) is 0.176. The van der Waals surface area contributed by atoms with Crippen LogP contribution in [0.4, 0.5) is 5.69 Å². The quantitative estimate of drug-likeness (QED) is 0.882. The van der Waals surface area contributed by atoms with Gasteiger partial charge in [-0.2, -0.15) is 5.26 Å². The Morgan fingerprint density at radius 3 is 2.62 bits per heavy atom. The zero-order chi connectivity index (χ0) is 15.2. The van der Waals surface area contributed by atoms with Crippen LogP contribution in [0, 0.1) is 18.3 Å². The van der Waals surface area contributed by atoms with E-state index in [2.05, 4.69) is 11.4 Å². The SMILES string of the molecule is Cc1ccc(NCc2ccccc2CC(=O)O)c(C#N)c1. The van der Waals surface area contributed by atoms with Crippen LogP contribution in [-0.2, 0) is 17.8 Å². The van der Waals surface area contributed by atoms with Crippen LogP contribution in [0.1, 0.15) is 22.3 Å². The van der Waals surface area contributed by atoms with Crippen molar-refractivity contribution in [1.29, 1.82) is 5.26 Å². The summed E-state index contributed by atoms with van der Waals surface area (Å²) in [4.78, 5) is 10.9. The number of carboxylic acids is 1. The summed E-state index contributed by atoms with van der Waals surface area (Å²) in [6.07, 6.45) is -0.00312. The van der Waals surface area contributed by atoms with E-state index >= 15 is 0 Å². The van der Waals surface area contributed by atoms with E-state index in [1.807, 2.05) is 49.4 Å². The van der Waals surface area contributed by atoms with Gasteiger partial charge in [-0.05, 0) is 35.7 Å². The molecule has 2 aromatic carbocycles. The van der Waals surface area contributed by atoms with Crippen molar-refractivity contribution in [2.75, 3.05) is 5.32 Å². The molecular weight excluding hydrogens is 264 g/mol. The molecule has 0 aliphatic heterocycles. The molecule has 0 aromatic heterocycles. The molecule has 0 amide bonds. The number of benzene rings is 2. The van der Waals surface area contributed by atoms with Crippen LogP contribution in [0.25, 0.3) is 0 Å². The van der Waals surface area contributed by atoms with Gasteiger partial charge in [0.25, 0.3) is 0 Å². The lowest BCUT2D eigenvalue weighted by atomic mass is 10.0. The second-order valence-corrected chi connectivity index (χ2v) is 4.85.